The summed E-state index contributed by atoms with van der Waals surface area (Å²) in [7, 11) is 2.32. The Hall–Kier alpha value is -0.210. The van der Waals surface area contributed by atoms with E-state index in [1.807, 2.05) is 0 Å². The highest BCUT2D eigenvalue weighted by Crippen LogP contribution is 2.20. The number of rotatable bonds is 0. The maximum atomic E-state index is 7.20. The fourth-order valence-corrected chi connectivity index (χ4v) is 1.40. The monoisotopic (exact) mass is 205 g/mol. The predicted molar refractivity (Wildman–Crippen MR) is 44.0 cm³/mol. The first kappa shape index (κ1) is 6.90. The van der Waals surface area contributed by atoms with Gasteiger partial charge in [0.1, 0.15) is 5.71 Å². The van der Waals surface area contributed by atoms with Crippen LogP contribution in [0.2, 0.25) is 0 Å². The fourth-order valence-electron chi connectivity index (χ4n) is 0.493. The molecular formula is C4H5BrN3P. The van der Waals surface area contributed by atoms with Crippen molar-refractivity contribution in [3.05, 3.63) is 10.7 Å². The highest BCUT2D eigenvalue weighted by Gasteiger charge is 2.19. The molecule has 1 aliphatic rings. The Morgan fingerprint density at radius 2 is 2.11 bits per heavy atom. The zero-order valence-electron chi connectivity index (χ0n) is 4.48. The molecule has 0 saturated carbocycles. The lowest BCUT2D eigenvalue weighted by Gasteiger charge is -2.03. The Morgan fingerprint density at radius 1 is 1.56 bits per heavy atom. The lowest BCUT2D eigenvalue weighted by Crippen LogP contribution is -2.15. The summed E-state index contributed by atoms with van der Waals surface area (Å²) in [4.78, 5) is 0. The van der Waals surface area contributed by atoms with Gasteiger partial charge in [-0.2, -0.15) is 0 Å². The van der Waals surface area contributed by atoms with Gasteiger partial charge in [0.05, 0.1) is 4.48 Å². The molecule has 0 bridgehead atoms. The quantitative estimate of drug-likeness (QED) is 0.577. The molecule has 1 atom stereocenters. The van der Waals surface area contributed by atoms with Crippen LogP contribution in [0.25, 0.3) is 0 Å². The van der Waals surface area contributed by atoms with Crippen molar-refractivity contribution in [3.63, 3.8) is 0 Å². The lowest BCUT2D eigenvalue weighted by atomic mass is 10.4. The molecule has 3 nitrogen and oxygen atoms in total. The minimum absolute atomic E-state index is 0.201. The second-order valence-corrected chi connectivity index (χ2v) is 3.02. The summed E-state index contributed by atoms with van der Waals surface area (Å²) in [6, 6.07) is 0. The molecule has 1 heterocycles. The molecule has 0 spiro atoms. The van der Waals surface area contributed by atoms with Gasteiger partial charge in [0.25, 0.3) is 0 Å². The van der Waals surface area contributed by atoms with Crippen LogP contribution in [0, 0.1) is 10.8 Å². The Kier molecular flexibility index (Phi) is 1.68. The van der Waals surface area contributed by atoms with Gasteiger partial charge in [-0.1, -0.05) is 0 Å². The zero-order chi connectivity index (χ0) is 7.02. The average Bonchev–Trinajstić information content (AvgIpc) is 1.98. The third-order valence-corrected chi connectivity index (χ3v) is 1.99. The number of halogens is 1. The Morgan fingerprint density at radius 3 is 2.22 bits per heavy atom. The van der Waals surface area contributed by atoms with Gasteiger partial charge in [-0.15, -0.1) is 0 Å². The third kappa shape index (κ3) is 1.05. The molecule has 9 heavy (non-hydrogen) atoms. The maximum Gasteiger partial charge on any atom is 0.154 e. The minimum atomic E-state index is 0.201. The Bertz CT molecular complexity index is 210. The van der Waals surface area contributed by atoms with Crippen LogP contribution in [-0.2, 0) is 0 Å². The molecule has 1 rings (SSSR count). The summed E-state index contributed by atoms with van der Waals surface area (Å²) in [5.41, 5.74) is 0.227. The van der Waals surface area contributed by atoms with E-state index in [1.165, 1.54) is 4.67 Å². The van der Waals surface area contributed by atoms with Gasteiger partial charge in [0, 0.05) is 6.20 Å². The fraction of sp³-hybridized carbons (Fsp3) is 0. The summed E-state index contributed by atoms with van der Waals surface area (Å²) in [5, 5.41) is 14.4. The van der Waals surface area contributed by atoms with Crippen LogP contribution < -0.4 is 0 Å². The Balaban J connectivity index is 2.95. The number of nitrogens with one attached hydrogen (secondary N) is 2. The Labute approximate surface area is 63.5 Å². The molecule has 0 saturated heterocycles. The van der Waals surface area contributed by atoms with Gasteiger partial charge in [-0.25, -0.2) is 0 Å². The minimum Gasteiger partial charge on any atom is -0.315 e. The first-order chi connectivity index (χ1) is 4.13. The number of hydrogen-bond donors (Lipinski definition) is 2. The van der Waals surface area contributed by atoms with Crippen molar-refractivity contribution in [3.8, 4) is 0 Å². The van der Waals surface area contributed by atoms with Gasteiger partial charge in [0.2, 0.25) is 0 Å². The van der Waals surface area contributed by atoms with Crippen molar-refractivity contribution < 1.29 is 0 Å². The molecule has 0 radical (unpaired) electrons. The van der Waals surface area contributed by atoms with Crippen LogP contribution in [0.15, 0.2) is 10.7 Å². The predicted octanol–water partition coefficient (Wildman–Crippen LogP) is 1.33. The number of nitrogens with zero attached hydrogens (tertiary/aromatic N) is 1. The normalized spacial score (nSPS) is 18.9. The first-order valence-corrected chi connectivity index (χ1v) is 3.53. The van der Waals surface area contributed by atoms with E-state index >= 15 is 0 Å². The number of amidine groups is 1. The molecule has 0 fully saturated rings. The summed E-state index contributed by atoms with van der Waals surface area (Å²) < 4.78 is 2.16. The van der Waals surface area contributed by atoms with Crippen molar-refractivity contribution in [1.29, 1.82) is 10.8 Å². The average molecular weight is 206 g/mol. The van der Waals surface area contributed by atoms with E-state index in [9.17, 15) is 0 Å². The summed E-state index contributed by atoms with van der Waals surface area (Å²) in [6.45, 7) is 0. The lowest BCUT2D eigenvalue weighted by molar-refractivity contribution is 0.948. The highest BCUT2D eigenvalue weighted by molar-refractivity contribution is 9.12. The zero-order valence-corrected chi connectivity index (χ0v) is 7.22. The van der Waals surface area contributed by atoms with Crippen LogP contribution in [0.1, 0.15) is 0 Å². The second-order valence-electron chi connectivity index (χ2n) is 1.61. The molecular weight excluding hydrogens is 201 g/mol. The summed E-state index contributed by atoms with van der Waals surface area (Å²) >= 11 is 3.13. The molecule has 5 heteroatoms. The van der Waals surface area contributed by atoms with Crippen molar-refractivity contribution >= 4 is 36.9 Å². The van der Waals surface area contributed by atoms with Crippen LogP contribution >= 0.6 is 25.3 Å². The first-order valence-electron chi connectivity index (χ1n) is 2.22. The molecule has 0 aromatic heterocycles. The molecule has 0 aliphatic carbocycles. The molecule has 0 aromatic carbocycles. The van der Waals surface area contributed by atoms with Gasteiger partial charge in [0.15, 0.2) is 5.84 Å². The molecule has 0 amide bonds. The van der Waals surface area contributed by atoms with Crippen LogP contribution in [0.3, 0.4) is 0 Å². The largest absolute Gasteiger partial charge is 0.315 e. The third-order valence-electron chi connectivity index (χ3n) is 0.986. The molecule has 1 aliphatic heterocycles. The van der Waals surface area contributed by atoms with E-state index in [0.29, 0.717) is 4.48 Å². The van der Waals surface area contributed by atoms with Gasteiger partial charge in [-0.05, 0) is 25.3 Å². The van der Waals surface area contributed by atoms with Crippen LogP contribution in [0.5, 0.6) is 0 Å². The molecule has 2 N–H and O–H groups in total. The van der Waals surface area contributed by atoms with Crippen LogP contribution in [0.4, 0.5) is 0 Å². The van der Waals surface area contributed by atoms with Crippen molar-refractivity contribution in [2.75, 3.05) is 0 Å². The topological polar surface area (TPSA) is 50.9 Å². The van der Waals surface area contributed by atoms with Crippen LogP contribution in [-0.4, -0.2) is 16.2 Å². The maximum absolute atomic E-state index is 7.20. The van der Waals surface area contributed by atoms with Gasteiger partial charge in [-0.3, -0.25) is 10.8 Å². The van der Waals surface area contributed by atoms with Crippen molar-refractivity contribution in [2.45, 2.75) is 0 Å². The summed E-state index contributed by atoms with van der Waals surface area (Å²) in [5.74, 6) is 0.201. The van der Waals surface area contributed by atoms with Crippen molar-refractivity contribution in [1.82, 2.24) is 4.67 Å². The summed E-state index contributed by atoms with van der Waals surface area (Å²) in [6.07, 6.45) is 1.66. The second kappa shape index (κ2) is 2.20. The van der Waals surface area contributed by atoms with E-state index in [2.05, 4.69) is 25.3 Å². The smallest absolute Gasteiger partial charge is 0.154 e. The highest BCUT2D eigenvalue weighted by atomic mass is 79.9. The van der Waals surface area contributed by atoms with Gasteiger partial charge >= 0.3 is 0 Å². The van der Waals surface area contributed by atoms with Gasteiger partial charge < -0.3 is 4.67 Å². The van der Waals surface area contributed by atoms with E-state index in [4.69, 9.17) is 10.8 Å². The SMILES string of the molecule is N=C1C(=N)N(P)C=C1Br. The van der Waals surface area contributed by atoms with E-state index in [-0.39, 0.29) is 11.5 Å². The van der Waals surface area contributed by atoms with E-state index in [0.717, 1.165) is 0 Å². The van der Waals surface area contributed by atoms with E-state index in [1.54, 1.807) is 6.20 Å². The molecule has 0 aromatic rings. The number of hydrogen-bond acceptors (Lipinski definition) is 2. The molecule has 1 unspecified atom stereocenters. The van der Waals surface area contributed by atoms with E-state index < -0.39 is 0 Å². The standard InChI is InChI=1S/C4H5BrN3P/c5-2-1-8(9)4(7)3(2)6/h1,6-7H,9H2. The molecule has 48 valence electrons. The van der Waals surface area contributed by atoms with Crippen molar-refractivity contribution in [2.24, 2.45) is 0 Å².